The van der Waals surface area contributed by atoms with Crippen LogP contribution in [0.25, 0.3) is 0 Å². The summed E-state index contributed by atoms with van der Waals surface area (Å²) in [6, 6.07) is 0. The zero-order valence-electron chi connectivity index (χ0n) is 7.87. The van der Waals surface area contributed by atoms with E-state index >= 15 is 0 Å². The molecular formula is C10H18N2. The van der Waals surface area contributed by atoms with Gasteiger partial charge in [-0.1, -0.05) is 32.4 Å². The van der Waals surface area contributed by atoms with Crippen LogP contribution >= 0.6 is 0 Å². The van der Waals surface area contributed by atoms with Crippen LogP contribution in [0.4, 0.5) is 0 Å². The molecule has 2 heteroatoms. The van der Waals surface area contributed by atoms with Crippen molar-refractivity contribution >= 4 is 6.72 Å². The van der Waals surface area contributed by atoms with E-state index in [1.807, 2.05) is 17.3 Å². The number of rotatable bonds is 7. The Morgan fingerprint density at radius 3 is 2.67 bits per heavy atom. The van der Waals surface area contributed by atoms with Gasteiger partial charge in [-0.2, -0.15) is 5.10 Å². The van der Waals surface area contributed by atoms with Gasteiger partial charge in [0, 0.05) is 19.5 Å². The van der Waals surface area contributed by atoms with Crippen LogP contribution in [0.3, 0.4) is 0 Å². The average molecular weight is 166 g/mol. The highest BCUT2D eigenvalue weighted by Crippen LogP contribution is 1.98. The Hall–Kier alpha value is -1.05. The monoisotopic (exact) mass is 166 g/mol. The molecule has 0 N–H and O–H groups in total. The topological polar surface area (TPSA) is 15.6 Å². The molecule has 0 aliphatic heterocycles. The van der Waals surface area contributed by atoms with E-state index < -0.39 is 0 Å². The minimum Gasteiger partial charge on any atom is -0.273 e. The van der Waals surface area contributed by atoms with E-state index in [4.69, 9.17) is 0 Å². The number of nitrogens with zero attached hydrogens (tertiary/aromatic N) is 2. The first-order chi connectivity index (χ1) is 5.85. The van der Waals surface area contributed by atoms with Crippen molar-refractivity contribution in [3.63, 3.8) is 0 Å². The Kier molecular flexibility index (Phi) is 7.35. The van der Waals surface area contributed by atoms with E-state index in [9.17, 15) is 0 Å². The van der Waals surface area contributed by atoms with Gasteiger partial charge in [0.15, 0.2) is 0 Å². The van der Waals surface area contributed by atoms with Gasteiger partial charge >= 0.3 is 0 Å². The van der Waals surface area contributed by atoms with Crippen molar-refractivity contribution in [3.05, 3.63) is 24.9 Å². The van der Waals surface area contributed by atoms with Gasteiger partial charge in [-0.05, 0) is 12.5 Å². The summed E-state index contributed by atoms with van der Waals surface area (Å²) in [7, 11) is 0. The molecule has 0 unspecified atom stereocenters. The fourth-order valence-corrected chi connectivity index (χ4v) is 0.876. The molecule has 0 amide bonds. The van der Waals surface area contributed by atoms with Crippen LogP contribution in [-0.2, 0) is 0 Å². The lowest BCUT2D eigenvalue weighted by atomic mass is 10.2. The van der Waals surface area contributed by atoms with Crippen molar-refractivity contribution in [2.75, 3.05) is 6.54 Å². The molecule has 0 aromatic rings. The maximum absolute atomic E-state index is 3.85. The lowest BCUT2D eigenvalue weighted by molar-refractivity contribution is 0.388. The molecule has 0 fully saturated rings. The molecule has 0 aliphatic carbocycles. The van der Waals surface area contributed by atoms with Gasteiger partial charge in [-0.25, -0.2) is 0 Å². The SMILES string of the molecule is C=C/C=C/N(CCCCC)N=C. The number of hydrazone groups is 1. The summed E-state index contributed by atoms with van der Waals surface area (Å²) in [5, 5.41) is 5.68. The van der Waals surface area contributed by atoms with Crippen LogP contribution in [0.1, 0.15) is 26.2 Å². The van der Waals surface area contributed by atoms with E-state index in [0.717, 1.165) is 13.0 Å². The maximum Gasteiger partial charge on any atom is 0.0408 e. The Labute approximate surface area is 75.3 Å². The van der Waals surface area contributed by atoms with E-state index in [2.05, 4.69) is 25.3 Å². The first kappa shape index (κ1) is 11.0. The van der Waals surface area contributed by atoms with Gasteiger partial charge in [0.1, 0.15) is 0 Å². The second-order valence-electron chi connectivity index (χ2n) is 2.59. The van der Waals surface area contributed by atoms with Crippen molar-refractivity contribution in [3.8, 4) is 0 Å². The van der Waals surface area contributed by atoms with Crippen LogP contribution in [0.2, 0.25) is 0 Å². The molecule has 0 atom stereocenters. The second-order valence-corrected chi connectivity index (χ2v) is 2.59. The molecule has 0 aromatic heterocycles. The number of allylic oxidation sites excluding steroid dienone is 2. The fourth-order valence-electron chi connectivity index (χ4n) is 0.876. The van der Waals surface area contributed by atoms with E-state index in [-0.39, 0.29) is 0 Å². The molecule has 0 bridgehead atoms. The highest BCUT2D eigenvalue weighted by atomic mass is 15.4. The van der Waals surface area contributed by atoms with E-state index in [0.29, 0.717) is 0 Å². The standard InChI is InChI=1S/C10H18N2/c1-4-6-8-10-12(11-3)9-7-5-2/h5,7,9H,2-4,6,8,10H2,1H3/b9-7+. The van der Waals surface area contributed by atoms with Crippen molar-refractivity contribution in [2.24, 2.45) is 5.10 Å². The van der Waals surface area contributed by atoms with Gasteiger partial charge in [0.05, 0.1) is 0 Å². The molecule has 0 heterocycles. The Morgan fingerprint density at radius 1 is 1.42 bits per heavy atom. The molecule has 0 aliphatic rings. The summed E-state index contributed by atoms with van der Waals surface area (Å²) < 4.78 is 0. The van der Waals surface area contributed by atoms with E-state index in [1.54, 1.807) is 6.08 Å². The minimum absolute atomic E-state index is 0.946. The Bertz CT molecular complexity index is 150. The predicted octanol–water partition coefficient (Wildman–Crippen LogP) is 2.79. The zero-order valence-corrected chi connectivity index (χ0v) is 7.87. The molecule has 0 saturated heterocycles. The average Bonchev–Trinajstić information content (AvgIpc) is 2.11. The maximum atomic E-state index is 3.85. The van der Waals surface area contributed by atoms with Crippen molar-refractivity contribution in [2.45, 2.75) is 26.2 Å². The van der Waals surface area contributed by atoms with Crippen LogP contribution in [0.5, 0.6) is 0 Å². The molecule has 68 valence electrons. The summed E-state index contributed by atoms with van der Waals surface area (Å²) in [6.07, 6.45) is 9.12. The number of unbranched alkanes of at least 4 members (excludes halogenated alkanes) is 2. The quantitative estimate of drug-likeness (QED) is 0.246. The van der Waals surface area contributed by atoms with Gasteiger partial charge in [0.2, 0.25) is 0 Å². The molecular weight excluding hydrogens is 148 g/mol. The third-order valence-electron chi connectivity index (χ3n) is 1.57. The van der Waals surface area contributed by atoms with Crippen molar-refractivity contribution < 1.29 is 0 Å². The Balaban J connectivity index is 3.59. The van der Waals surface area contributed by atoms with Crippen molar-refractivity contribution in [1.82, 2.24) is 5.01 Å². The number of hydrogen-bond donors (Lipinski definition) is 0. The predicted molar refractivity (Wildman–Crippen MR) is 55.1 cm³/mol. The summed E-state index contributed by atoms with van der Waals surface area (Å²) in [6.45, 7) is 10.2. The number of hydrogen-bond acceptors (Lipinski definition) is 2. The third-order valence-corrected chi connectivity index (χ3v) is 1.57. The van der Waals surface area contributed by atoms with Crippen LogP contribution in [0.15, 0.2) is 30.0 Å². The second kappa shape index (κ2) is 8.05. The van der Waals surface area contributed by atoms with Crippen molar-refractivity contribution in [1.29, 1.82) is 0 Å². The smallest absolute Gasteiger partial charge is 0.0408 e. The van der Waals surface area contributed by atoms with Crippen LogP contribution in [0, 0.1) is 0 Å². The lowest BCUT2D eigenvalue weighted by Crippen LogP contribution is -2.10. The van der Waals surface area contributed by atoms with Gasteiger partial charge in [0.25, 0.3) is 0 Å². The van der Waals surface area contributed by atoms with Gasteiger partial charge < -0.3 is 0 Å². The molecule has 0 rings (SSSR count). The van der Waals surface area contributed by atoms with Crippen LogP contribution in [-0.4, -0.2) is 18.3 Å². The normalized spacial score (nSPS) is 10.1. The Morgan fingerprint density at radius 2 is 2.17 bits per heavy atom. The minimum atomic E-state index is 0.946. The molecule has 0 saturated carbocycles. The molecule has 0 spiro atoms. The first-order valence-corrected chi connectivity index (χ1v) is 4.37. The van der Waals surface area contributed by atoms with Crippen LogP contribution < -0.4 is 0 Å². The lowest BCUT2D eigenvalue weighted by Gasteiger charge is -2.11. The highest BCUT2D eigenvalue weighted by Gasteiger charge is 1.92. The summed E-state index contributed by atoms with van der Waals surface area (Å²) in [5.41, 5.74) is 0. The van der Waals surface area contributed by atoms with E-state index in [1.165, 1.54) is 12.8 Å². The van der Waals surface area contributed by atoms with Gasteiger partial charge in [-0.3, -0.25) is 5.01 Å². The zero-order chi connectivity index (χ0) is 9.23. The first-order valence-electron chi connectivity index (χ1n) is 4.37. The summed E-state index contributed by atoms with van der Waals surface area (Å²) in [5.74, 6) is 0. The summed E-state index contributed by atoms with van der Waals surface area (Å²) in [4.78, 5) is 0. The molecule has 0 aromatic carbocycles. The highest BCUT2D eigenvalue weighted by molar-refractivity contribution is 5.22. The third kappa shape index (κ3) is 5.71. The van der Waals surface area contributed by atoms with Gasteiger partial charge in [-0.15, -0.1) is 0 Å². The molecule has 0 radical (unpaired) electrons. The summed E-state index contributed by atoms with van der Waals surface area (Å²) >= 11 is 0. The fraction of sp³-hybridized carbons (Fsp3) is 0.500. The largest absolute Gasteiger partial charge is 0.273 e. The molecule has 12 heavy (non-hydrogen) atoms. The molecule has 2 nitrogen and oxygen atoms in total.